The molecule has 2 rings (SSSR count). The smallest absolute Gasteiger partial charge is 0.550 e. The van der Waals surface area contributed by atoms with E-state index in [1.54, 1.807) is 6.08 Å². The summed E-state index contributed by atoms with van der Waals surface area (Å²) in [4.78, 5) is 23.4. The minimum absolute atomic E-state index is 0. The summed E-state index contributed by atoms with van der Waals surface area (Å²) < 4.78 is 14.9. The van der Waals surface area contributed by atoms with Crippen LogP contribution < -0.4 is 40.0 Å². The molecular formula is C23H29FN3NaO5. The molecule has 33 heavy (non-hydrogen) atoms. The normalized spacial score (nSPS) is 13.2. The summed E-state index contributed by atoms with van der Waals surface area (Å²) in [5, 5.41) is 37.9. The van der Waals surface area contributed by atoms with E-state index in [1.807, 2.05) is 27.7 Å². The van der Waals surface area contributed by atoms with E-state index in [9.17, 15) is 29.3 Å². The predicted octanol–water partition coefficient (Wildman–Crippen LogP) is -1.46. The summed E-state index contributed by atoms with van der Waals surface area (Å²) in [6.07, 6.45) is -0.241. The largest absolute Gasteiger partial charge is 1.00 e. The Morgan fingerprint density at radius 1 is 1.18 bits per heavy atom. The number of amides is 1. The van der Waals surface area contributed by atoms with Crippen molar-refractivity contribution < 1.29 is 58.9 Å². The van der Waals surface area contributed by atoms with Gasteiger partial charge in [0.05, 0.1) is 23.6 Å². The molecule has 10 heteroatoms. The van der Waals surface area contributed by atoms with Crippen LogP contribution in [0.5, 0.6) is 0 Å². The van der Waals surface area contributed by atoms with Crippen LogP contribution in [0.1, 0.15) is 68.2 Å². The molecule has 0 bridgehead atoms. The minimum atomic E-state index is -1.41. The van der Waals surface area contributed by atoms with Gasteiger partial charge in [-0.15, -0.1) is 0 Å². The standard InChI is InChI=1S/C23H30FN3O5.Na/c1-13(2)21-19(10-9-17(28)11-18(29)12-20(30)31)27(16-7-5-15(24)6-8-16)26-22(21)23(32)25-14(3)4;/h5-10,13-14,17-18,28-29H,11-12H2,1-4H3,(H,25,32)(H,30,31);/q;+1/p-1/t17-,18+;/m0./s1. The predicted molar refractivity (Wildman–Crippen MR) is 116 cm³/mol. The van der Waals surface area contributed by atoms with E-state index < -0.39 is 30.4 Å². The number of carboxylic acid groups (broad SMARTS) is 1. The van der Waals surface area contributed by atoms with Crippen LogP contribution in [0.3, 0.4) is 0 Å². The van der Waals surface area contributed by atoms with Gasteiger partial charge in [0.1, 0.15) is 5.82 Å². The average Bonchev–Trinajstić information content (AvgIpc) is 3.05. The first-order valence-corrected chi connectivity index (χ1v) is 10.4. The quantitative estimate of drug-likeness (QED) is 0.365. The zero-order valence-electron chi connectivity index (χ0n) is 19.6. The molecule has 0 aliphatic heterocycles. The number of aromatic nitrogens is 2. The third kappa shape index (κ3) is 8.35. The van der Waals surface area contributed by atoms with Crippen molar-refractivity contribution in [1.82, 2.24) is 15.1 Å². The maximum absolute atomic E-state index is 13.4. The van der Waals surface area contributed by atoms with Crippen molar-refractivity contribution in [2.24, 2.45) is 0 Å². The average molecular weight is 469 g/mol. The number of aliphatic hydroxyl groups excluding tert-OH is 2. The van der Waals surface area contributed by atoms with E-state index in [0.717, 1.165) is 0 Å². The number of benzene rings is 1. The summed E-state index contributed by atoms with van der Waals surface area (Å²) in [6, 6.07) is 5.49. The van der Waals surface area contributed by atoms with Gasteiger partial charge in [-0.25, -0.2) is 9.07 Å². The van der Waals surface area contributed by atoms with E-state index in [4.69, 9.17) is 0 Å². The number of aliphatic carboxylic acids is 1. The number of nitrogens with one attached hydrogen (secondary N) is 1. The Labute approximate surface area is 214 Å². The van der Waals surface area contributed by atoms with Gasteiger partial charge in [0.25, 0.3) is 5.91 Å². The number of carboxylic acids is 1. The van der Waals surface area contributed by atoms with E-state index in [-0.39, 0.29) is 59.5 Å². The van der Waals surface area contributed by atoms with Crippen LogP contribution in [0, 0.1) is 5.82 Å². The van der Waals surface area contributed by atoms with Gasteiger partial charge < -0.3 is 25.4 Å². The molecule has 0 saturated heterocycles. The molecule has 2 aromatic rings. The molecule has 174 valence electrons. The van der Waals surface area contributed by atoms with Gasteiger partial charge in [-0.05, 0) is 50.1 Å². The van der Waals surface area contributed by atoms with Crippen LogP contribution in [0.2, 0.25) is 0 Å². The summed E-state index contributed by atoms with van der Waals surface area (Å²) >= 11 is 0. The number of hydrogen-bond acceptors (Lipinski definition) is 6. The number of nitrogens with zero attached hydrogens (tertiary/aromatic N) is 2. The molecule has 0 fully saturated rings. The molecule has 0 aliphatic carbocycles. The Morgan fingerprint density at radius 2 is 1.79 bits per heavy atom. The fourth-order valence-corrected chi connectivity index (χ4v) is 3.29. The molecule has 8 nitrogen and oxygen atoms in total. The van der Waals surface area contributed by atoms with Crippen molar-refractivity contribution in [1.29, 1.82) is 0 Å². The number of halogens is 1. The van der Waals surface area contributed by atoms with Crippen molar-refractivity contribution >= 4 is 18.0 Å². The second-order valence-corrected chi connectivity index (χ2v) is 8.21. The molecule has 0 saturated carbocycles. The summed E-state index contributed by atoms with van der Waals surface area (Å²) in [5.41, 5.74) is 1.87. The first kappa shape index (κ1) is 29.0. The number of carbonyl (C=O) groups is 2. The molecule has 0 radical (unpaired) electrons. The van der Waals surface area contributed by atoms with Crippen LogP contribution in [-0.2, 0) is 4.79 Å². The topological polar surface area (TPSA) is 128 Å². The van der Waals surface area contributed by atoms with Crippen molar-refractivity contribution in [2.75, 3.05) is 0 Å². The molecule has 1 aromatic heterocycles. The van der Waals surface area contributed by atoms with Crippen LogP contribution in [0.25, 0.3) is 11.8 Å². The first-order valence-electron chi connectivity index (χ1n) is 10.4. The first-order chi connectivity index (χ1) is 15.0. The van der Waals surface area contributed by atoms with Crippen LogP contribution in [-0.4, -0.2) is 50.1 Å². The Balaban J connectivity index is 0.00000544. The van der Waals surface area contributed by atoms with Crippen molar-refractivity contribution in [3.05, 3.63) is 53.1 Å². The van der Waals surface area contributed by atoms with Crippen molar-refractivity contribution in [3.63, 3.8) is 0 Å². The molecular weight excluding hydrogens is 440 g/mol. The number of rotatable bonds is 10. The van der Waals surface area contributed by atoms with Crippen LogP contribution in [0.15, 0.2) is 30.3 Å². The van der Waals surface area contributed by atoms with Gasteiger partial charge in [0.15, 0.2) is 5.69 Å². The van der Waals surface area contributed by atoms with E-state index in [1.165, 1.54) is 35.0 Å². The van der Waals surface area contributed by atoms with Gasteiger partial charge in [-0.2, -0.15) is 5.10 Å². The molecule has 0 aliphatic rings. The zero-order valence-corrected chi connectivity index (χ0v) is 21.6. The Morgan fingerprint density at radius 3 is 2.30 bits per heavy atom. The Kier molecular flexibility index (Phi) is 11.4. The molecule has 0 unspecified atom stereocenters. The maximum atomic E-state index is 13.4. The van der Waals surface area contributed by atoms with Crippen LogP contribution >= 0.6 is 0 Å². The molecule has 0 spiro atoms. The second kappa shape index (κ2) is 13.0. The van der Waals surface area contributed by atoms with Gasteiger partial charge in [-0.3, -0.25) is 4.79 Å². The van der Waals surface area contributed by atoms with E-state index in [0.29, 0.717) is 16.9 Å². The fourth-order valence-electron chi connectivity index (χ4n) is 3.29. The van der Waals surface area contributed by atoms with Crippen molar-refractivity contribution in [3.8, 4) is 5.69 Å². The van der Waals surface area contributed by atoms with Gasteiger partial charge in [-0.1, -0.05) is 19.9 Å². The molecule has 1 amide bonds. The number of hydrogen-bond donors (Lipinski definition) is 3. The SMILES string of the molecule is CC(C)NC(=O)c1nn(-c2ccc(F)cc2)c(C=C[C@H](O)C[C@@H](O)CC(=O)[O-])c1C(C)C.[Na+]. The number of carbonyl (C=O) groups excluding carboxylic acids is 2. The second-order valence-electron chi connectivity index (χ2n) is 8.21. The van der Waals surface area contributed by atoms with E-state index >= 15 is 0 Å². The monoisotopic (exact) mass is 469 g/mol. The van der Waals surface area contributed by atoms with Crippen molar-refractivity contribution in [2.45, 2.75) is 64.7 Å². The third-order valence-corrected chi connectivity index (χ3v) is 4.63. The van der Waals surface area contributed by atoms with E-state index in [2.05, 4.69) is 10.4 Å². The molecule has 3 N–H and O–H groups in total. The Bertz CT molecular complexity index is 973. The molecule has 1 aromatic carbocycles. The molecule has 1 heterocycles. The van der Waals surface area contributed by atoms with Gasteiger partial charge in [0, 0.05) is 30.4 Å². The summed E-state index contributed by atoms with van der Waals surface area (Å²) in [7, 11) is 0. The minimum Gasteiger partial charge on any atom is -0.550 e. The summed E-state index contributed by atoms with van der Waals surface area (Å²) in [5.74, 6) is -2.30. The Hall–Kier alpha value is -2.04. The van der Waals surface area contributed by atoms with Gasteiger partial charge in [0.2, 0.25) is 0 Å². The summed E-state index contributed by atoms with van der Waals surface area (Å²) in [6.45, 7) is 7.46. The maximum Gasteiger partial charge on any atom is 1.00 e. The number of aliphatic hydroxyl groups is 2. The van der Waals surface area contributed by atoms with Gasteiger partial charge >= 0.3 is 29.6 Å². The molecule has 2 atom stereocenters. The fraction of sp³-hybridized carbons (Fsp3) is 0.435. The third-order valence-electron chi connectivity index (χ3n) is 4.63. The zero-order chi connectivity index (χ0) is 24.0. The van der Waals surface area contributed by atoms with Crippen LogP contribution in [0.4, 0.5) is 4.39 Å².